The molecule has 0 saturated heterocycles. The lowest BCUT2D eigenvalue weighted by molar-refractivity contribution is -0.385. The fraction of sp³-hybridized carbons (Fsp3) is 0.188. The number of nitrogens with zero attached hydrogens (tertiary/aromatic N) is 5. The van der Waals surface area contributed by atoms with Gasteiger partial charge in [-0.1, -0.05) is 30.3 Å². The fourth-order valence-electron chi connectivity index (χ4n) is 2.26. The number of hydrogen-bond acceptors (Lipinski definition) is 6. The van der Waals surface area contributed by atoms with Crippen LogP contribution in [0.3, 0.4) is 0 Å². The van der Waals surface area contributed by atoms with Crippen molar-refractivity contribution in [2.24, 2.45) is 0 Å². The Balaban J connectivity index is 2.18. The van der Waals surface area contributed by atoms with Crippen LogP contribution in [0.5, 0.6) is 5.88 Å². The number of rotatable bonds is 5. The van der Waals surface area contributed by atoms with E-state index in [2.05, 4.69) is 15.1 Å². The molecule has 0 bridgehead atoms. The average molecular weight is 379 g/mol. The molecule has 2 heterocycles. The van der Waals surface area contributed by atoms with E-state index in [1.165, 1.54) is 0 Å². The number of ether oxygens (including phenoxy) is 1. The molecule has 0 radical (unpaired) electrons. The highest BCUT2D eigenvalue weighted by Gasteiger charge is 2.34. The molecule has 0 fully saturated rings. The largest absolute Gasteiger partial charge is 0.472 e. The van der Waals surface area contributed by atoms with Crippen molar-refractivity contribution in [3.63, 3.8) is 0 Å². The van der Waals surface area contributed by atoms with Gasteiger partial charge in [0.05, 0.1) is 17.2 Å². The van der Waals surface area contributed by atoms with E-state index in [0.717, 1.165) is 16.9 Å². The van der Waals surface area contributed by atoms with E-state index in [1.807, 2.05) is 0 Å². The Morgan fingerprint density at radius 1 is 1.22 bits per heavy atom. The third-order valence-electron chi connectivity index (χ3n) is 3.42. The van der Waals surface area contributed by atoms with Gasteiger partial charge in [-0.25, -0.2) is 9.97 Å². The standard InChI is InChI=1S/C16H12F3N5O3/c1-2-27-14-12(24(25)26)9-23(22-14)15-20-11(10-6-4-3-5-7-10)8-13(21-15)16(17,18)19/h3-9H,2H2,1H3. The summed E-state index contributed by atoms with van der Waals surface area (Å²) in [6.45, 7) is 1.69. The molecule has 0 unspecified atom stereocenters. The summed E-state index contributed by atoms with van der Waals surface area (Å²) in [4.78, 5) is 17.9. The van der Waals surface area contributed by atoms with E-state index in [9.17, 15) is 23.3 Å². The highest BCUT2D eigenvalue weighted by molar-refractivity contribution is 5.60. The molecule has 8 nitrogen and oxygen atoms in total. The van der Waals surface area contributed by atoms with Crippen LogP contribution >= 0.6 is 0 Å². The molecule has 3 aromatic rings. The third-order valence-corrected chi connectivity index (χ3v) is 3.42. The molecule has 0 spiro atoms. The Bertz CT molecular complexity index is 973. The lowest BCUT2D eigenvalue weighted by Gasteiger charge is -2.10. The zero-order chi connectivity index (χ0) is 19.6. The summed E-state index contributed by atoms with van der Waals surface area (Å²) in [6.07, 6.45) is -3.82. The Morgan fingerprint density at radius 2 is 1.93 bits per heavy atom. The third kappa shape index (κ3) is 3.86. The lowest BCUT2D eigenvalue weighted by Crippen LogP contribution is -2.13. The molecule has 0 aliphatic carbocycles. The molecule has 0 atom stereocenters. The predicted molar refractivity (Wildman–Crippen MR) is 87.4 cm³/mol. The average Bonchev–Trinajstić information content (AvgIpc) is 3.06. The van der Waals surface area contributed by atoms with Gasteiger partial charge in [-0.15, -0.1) is 5.10 Å². The first kappa shape index (κ1) is 18.3. The maximum Gasteiger partial charge on any atom is 0.433 e. The highest BCUT2D eigenvalue weighted by Crippen LogP contribution is 2.32. The Morgan fingerprint density at radius 3 is 2.52 bits per heavy atom. The van der Waals surface area contributed by atoms with Crippen LogP contribution in [0.4, 0.5) is 18.9 Å². The zero-order valence-electron chi connectivity index (χ0n) is 13.8. The van der Waals surface area contributed by atoms with Crippen LogP contribution in [0.1, 0.15) is 12.6 Å². The minimum Gasteiger partial charge on any atom is -0.472 e. The van der Waals surface area contributed by atoms with Crippen LogP contribution in [-0.4, -0.2) is 31.3 Å². The van der Waals surface area contributed by atoms with Crippen LogP contribution < -0.4 is 4.74 Å². The van der Waals surface area contributed by atoms with E-state index < -0.39 is 28.4 Å². The number of benzene rings is 1. The number of halogens is 3. The van der Waals surface area contributed by atoms with Gasteiger partial charge < -0.3 is 4.74 Å². The van der Waals surface area contributed by atoms with E-state index in [1.54, 1.807) is 37.3 Å². The van der Waals surface area contributed by atoms with Crippen LogP contribution in [0.25, 0.3) is 17.2 Å². The molecule has 0 N–H and O–H groups in total. The van der Waals surface area contributed by atoms with Gasteiger partial charge in [-0.2, -0.15) is 17.9 Å². The van der Waals surface area contributed by atoms with Gasteiger partial charge >= 0.3 is 17.7 Å². The van der Waals surface area contributed by atoms with Gasteiger partial charge in [0.25, 0.3) is 5.95 Å². The summed E-state index contributed by atoms with van der Waals surface area (Å²) in [5.74, 6) is -0.789. The minimum atomic E-state index is -4.73. The Kier molecular flexibility index (Phi) is 4.75. The molecule has 0 amide bonds. The molecular weight excluding hydrogens is 367 g/mol. The van der Waals surface area contributed by atoms with Gasteiger partial charge in [0.2, 0.25) is 0 Å². The molecule has 3 rings (SSSR count). The number of alkyl halides is 3. The van der Waals surface area contributed by atoms with Gasteiger partial charge in [0.15, 0.2) is 5.69 Å². The van der Waals surface area contributed by atoms with E-state index in [-0.39, 0.29) is 18.2 Å². The number of aromatic nitrogens is 4. The molecule has 11 heteroatoms. The minimum absolute atomic E-state index is 0.00374. The van der Waals surface area contributed by atoms with E-state index >= 15 is 0 Å². The molecule has 140 valence electrons. The van der Waals surface area contributed by atoms with Crippen molar-refractivity contribution in [1.82, 2.24) is 19.7 Å². The number of hydrogen-bond donors (Lipinski definition) is 0. The maximum atomic E-state index is 13.3. The van der Waals surface area contributed by atoms with Crippen LogP contribution in [0.2, 0.25) is 0 Å². The molecule has 27 heavy (non-hydrogen) atoms. The summed E-state index contributed by atoms with van der Waals surface area (Å²) in [5, 5.41) is 14.9. The van der Waals surface area contributed by atoms with Crippen LogP contribution in [0, 0.1) is 10.1 Å². The molecule has 2 aromatic heterocycles. The second-order valence-electron chi connectivity index (χ2n) is 5.26. The first-order chi connectivity index (χ1) is 12.8. The van der Waals surface area contributed by atoms with Crippen molar-refractivity contribution < 1.29 is 22.8 Å². The Hall–Kier alpha value is -3.50. The molecule has 1 aromatic carbocycles. The smallest absolute Gasteiger partial charge is 0.433 e. The van der Waals surface area contributed by atoms with E-state index in [4.69, 9.17) is 4.74 Å². The van der Waals surface area contributed by atoms with E-state index in [0.29, 0.717) is 5.56 Å². The first-order valence-corrected chi connectivity index (χ1v) is 7.68. The van der Waals surface area contributed by atoms with Gasteiger partial charge in [-0.05, 0) is 13.0 Å². The maximum absolute atomic E-state index is 13.3. The van der Waals surface area contributed by atoms with Gasteiger partial charge in [-0.3, -0.25) is 10.1 Å². The quantitative estimate of drug-likeness (QED) is 0.496. The van der Waals surface area contributed by atoms with Crippen molar-refractivity contribution in [2.45, 2.75) is 13.1 Å². The second-order valence-corrected chi connectivity index (χ2v) is 5.26. The summed E-state index contributed by atoms with van der Waals surface area (Å²) >= 11 is 0. The van der Waals surface area contributed by atoms with Crippen molar-refractivity contribution in [2.75, 3.05) is 6.61 Å². The van der Waals surface area contributed by atoms with Crippen molar-refractivity contribution in [3.8, 4) is 23.1 Å². The summed E-state index contributed by atoms with van der Waals surface area (Å²) in [7, 11) is 0. The summed E-state index contributed by atoms with van der Waals surface area (Å²) < 4.78 is 45.6. The monoisotopic (exact) mass is 379 g/mol. The zero-order valence-corrected chi connectivity index (χ0v) is 13.8. The number of nitro groups is 1. The topological polar surface area (TPSA) is 96.0 Å². The Labute approximate surface area is 150 Å². The van der Waals surface area contributed by atoms with Gasteiger partial charge in [0, 0.05) is 5.56 Å². The van der Waals surface area contributed by atoms with Crippen LogP contribution in [-0.2, 0) is 6.18 Å². The molecule has 0 saturated carbocycles. The fourth-order valence-corrected chi connectivity index (χ4v) is 2.26. The highest BCUT2D eigenvalue weighted by atomic mass is 19.4. The predicted octanol–water partition coefficient (Wildman–Crippen LogP) is 3.66. The molecule has 0 aliphatic heterocycles. The second kappa shape index (κ2) is 7.02. The molecular formula is C16H12F3N5O3. The van der Waals surface area contributed by atoms with Crippen molar-refractivity contribution in [3.05, 3.63) is 58.4 Å². The SMILES string of the molecule is CCOc1nn(-c2nc(-c3ccccc3)cc(C(F)(F)F)n2)cc1[N+](=O)[O-]. The van der Waals surface area contributed by atoms with Crippen molar-refractivity contribution >= 4 is 5.69 Å². The summed E-state index contributed by atoms with van der Waals surface area (Å²) in [5.41, 5.74) is -1.26. The van der Waals surface area contributed by atoms with Gasteiger partial charge in [0.1, 0.15) is 6.20 Å². The lowest BCUT2D eigenvalue weighted by atomic mass is 10.1. The van der Waals surface area contributed by atoms with Crippen LogP contribution in [0.15, 0.2) is 42.6 Å². The molecule has 0 aliphatic rings. The normalized spacial score (nSPS) is 11.4. The first-order valence-electron chi connectivity index (χ1n) is 7.68. The summed E-state index contributed by atoms with van der Waals surface area (Å²) in [6, 6.07) is 8.99. The van der Waals surface area contributed by atoms with Crippen molar-refractivity contribution in [1.29, 1.82) is 0 Å².